The van der Waals surface area contributed by atoms with Crippen molar-refractivity contribution in [3.8, 4) is 0 Å². The van der Waals surface area contributed by atoms with Gasteiger partial charge in [0.05, 0.1) is 0 Å². The number of nitrogens with zero attached hydrogens (tertiary/aromatic N) is 2. The summed E-state index contributed by atoms with van der Waals surface area (Å²) in [4.78, 5) is 21.4. The van der Waals surface area contributed by atoms with Crippen LogP contribution >= 0.6 is 0 Å². The minimum Gasteiger partial charge on any atom is -0.350 e. The second-order valence-corrected chi connectivity index (χ2v) is 2.28. The van der Waals surface area contributed by atoms with E-state index in [0.29, 0.717) is 5.69 Å². The van der Waals surface area contributed by atoms with Crippen LogP contribution in [0.4, 0.5) is 4.79 Å². The number of hydrazine groups is 1. The van der Waals surface area contributed by atoms with Crippen LogP contribution in [-0.2, 0) is 7.05 Å². The molecule has 0 spiro atoms. The van der Waals surface area contributed by atoms with E-state index in [0.717, 1.165) is 0 Å². The molecule has 0 atom stereocenters. The smallest absolute Gasteiger partial charge is 0.330 e. The fourth-order valence-corrected chi connectivity index (χ4v) is 0.779. The summed E-state index contributed by atoms with van der Waals surface area (Å²) in [6.07, 6.45) is 1.47. The number of aromatic nitrogens is 2. The van der Waals surface area contributed by atoms with Crippen molar-refractivity contribution in [1.29, 1.82) is 0 Å². The van der Waals surface area contributed by atoms with Gasteiger partial charge in [-0.1, -0.05) is 0 Å². The van der Waals surface area contributed by atoms with E-state index in [-0.39, 0.29) is 0 Å². The molecule has 0 aliphatic heterocycles. The predicted molar refractivity (Wildman–Crippen MR) is 43.4 cm³/mol. The topological polar surface area (TPSA) is 102 Å². The highest BCUT2D eigenvalue weighted by Crippen LogP contribution is 1.93. The van der Waals surface area contributed by atoms with Crippen molar-refractivity contribution in [2.45, 2.75) is 0 Å². The first-order valence-corrected chi connectivity index (χ1v) is 3.45. The van der Waals surface area contributed by atoms with Gasteiger partial charge in [0.2, 0.25) is 0 Å². The molecule has 13 heavy (non-hydrogen) atoms. The molecule has 0 aliphatic carbocycles. The number of carbonyl (C=O) groups is 2. The molecular weight excluding hydrogens is 174 g/mol. The molecule has 1 heterocycles. The molecule has 7 nitrogen and oxygen atoms in total. The number of hydrogen-bond acceptors (Lipinski definition) is 3. The molecule has 1 rings (SSSR count). The number of aryl methyl sites for hydroxylation is 1. The standard InChI is InChI=1S/C6H9N5O2/c1-11-4(2-3-8-11)5(12)9-10-6(7)13/h2-3H,1H3,(H,9,12)(H3,7,10,13). The Morgan fingerprint density at radius 2 is 2.23 bits per heavy atom. The highest BCUT2D eigenvalue weighted by Gasteiger charge is 2.08. The van der Waals surface area contributed by atoms with Crippen LogP contribution in [0.25, 0.3) is 0 Å². The van der Waals surface area contributed by atoms with E-state index in [1.54, 1.807) is 7.05 Å². The van der Waals surface area contributed by atoms with Gasteiger partial charge in [-0.15, -0.1) is 0 Å². The number of nitrogens with one attached hydrogen (secondary N) is 2. The second-order valence-electron chi connectivity index (χ2n) is 2.28. The van der Waals surface area contributed by atoms with Crippen molar-refractivity contribution in [2.75, 3.05) is 0 Å². The summed E-state index contributed by atoms with van der Waals surface area (Å²) >= 11 is 0. The Balaban J connectivity index is 2.59. The molecule has 1 aromatic rings. The lowest BCUT2D eigenvalue weighted by atomic mass is 10.4. The number of hydrogen-bond donors (Lipinski definition) is 3. The third-order valence-corrected chi connectivity index (χ3v) is 1.35. The maximum Gasteiger partial charge on any atom is 0.330 e. The zero-order chi connectivity index (χ0) is 9.84. The number of carbonyl (C=O) groups excluding carboxylic acids is 2. The Bertz CT molecular complexity index is 332. The van der Waals surface area contributed by atoms with Gasteiger partial charge in [-0.05, 0) is 6.07 Å². The lowest BCUT2D eigenvalue weighted by Crippen LogP contribution is -2.45. The van der Waals surface area contributed by atoms with Crippen LogP contribution in [0.3, 0.4) is 0 Å². The van der Waals surface area contributed by atoms with Gasteiger partial charge in [-0.25, -0.2) is 10.2 Å². The minimum absolute atomic E-state index is 0.328. The second kappa shape index (κ2) is 3.57. The largest absolute Gasteiger partial charge is 0.350 e. The zero-order valence-electron chi connectivity index (χ0n) is 6.94. The summed E-state index contributed by atoms with van der Waals surface area (Å²) in [6, 6.07) is 0.688. The van der Waals surface area contributed by atoms with E-state index in [1.807, 2.05) is 5.43 Å². The average molecular weight is 183 g/mol. The van der Waals surface area contributed by atoms with E-state index in [9.17, 15) is 9.59 Å². The van der Waals surface area contributed by atoms with Crippen LogP contribution in [0.5, 0.6) is 0 Å². The summed E-state index contributed by atoms with van der Waals surface area (Å²) in [5, 5.41) is 3.78. The summed E-state index contributed by atoms with van der Waals surface area (Å²) in [6.45, 7) is 0. The summed E-state index contributed by atoms with van der Waals surface area (Å²) in [7, 11) is 1.61. The fourth-order valence-electron chi connectivity index (χ4n) is 0.779. The van der Waals surface area contributed by atoms with E-state index < -0.39 is 11.9 Å². The number of amides is 3. The summed E-state index contributed by atoms with van der Waals surface area (Å²) in [5.41, 5.74) is 9.13. The van der Waals surface area contributed by atoms with Gasteiger partial charge in [-0.3, -0.25) is 14.9 Å². The lowest BCUT2D eigenvalue weighted by Gasteiger charge is -2.03. The van der Waals surface area contributed by atoms with Crippen LogP contribution in [0, 0.1) is 0 Å². The average Bonchev–Trinajstić information content (AvgIpc) is 2.47. The number of primary amides is 1. The van der Waals surface area contributed by atoms with Crippen molar-refractivity contribution >= 4 is 11.9 Å². The van der Waals surface area contributed by atoms with Crippen LogP contribution in [0.15, 0.2) is 12.3 Å². The van der Waals surface area contributed by atoms with Crippen molar-refractivity contribution in [3.05, 3.63) is 18.0 Å². The Hall–Kier alpha value is -2.05. The van der Waals surface area contributed by atoms with Crippen molar-refractivity contribution in [3.63, 3.8) is 0 Å². The molecule has 7 heteroatoms. The molecule has 0 saturated carbocycles. The van der Waals surface area contributed by atoms with Crippen LogP contribution in [-0.4, -0.2) is 21.7 Å². The molecule has 3 amide bonds. The molecule has 0 aliphatic rings. The number of nitrogens with two attached hydrogens (primary N) is 1. The monoisotopic (exact) mass is 183 g/mol. The Kier molecular flexibility index (Phi) is 2.48. The molecule has 1 aromatic heterocycles. The lowest BCUT2D eigenvalue weighted by molar-refractivity contribution is 0.0928. The van der Waals surface area contributed by atoms with E-state index in [1.165, 1.54) is 16.9 Å². The molecule has 0 aromatic carbocycles. The van der Waals surface area contributed by atoms with Crippen LogP contribution in [0.1, 0.15) is 10.5 Å². The van der Waals surface area contributed by atoms with Gasteiger partial charge in [0.25, 0.3) is 5.91 Å². The summed E-state index contributed by atoms with van der Waals surface area (Å²) in [5.74, 6) is -0.473. The number of rotatable bonds is 1. The molecule has 0 saturated heterocycles. The SMILES string of the molecule is Cn1nccc1C(=O)NNC(N)=O. The van der Waals surface area contributed by atoms with Crippen molar-refractivity contribution < 1.29 is 9.59 Å². The van der Waals surface area contributed by atoms with Crippen molar-refractivity contribution in [1.82, 2.24) is 20.6 Å². The van der Waals surface area contributed by atoms with Gasteiger partial charge in [0.1, 0.15) is 5.69 Å². The fraction of sp³-hybridized carbons (Fsp3) is 0.167. The van der Waals surface area contributed by atoms with Crippen LogP contribution < -0.4 is 16.6 Å². The first kappa shape index (κ1) is 9.04. The Morgan fingerprint density at radius 1 is 1.54 bits per heavy atom. The third-order valence-electron chi connectivity index (χ3n) is 1.35. The Labute approximate surface area is 73.9 Å². The number of urea groups is 1. The zero-order valence-corrected chi connectivity index (χ0v) is 6.94. The molecule has 0 radical (unpaired) electrons. The molecule has 0 unspecified atom stereocenters. The van der Waals surface area contributed by atoms with Gasteiger partial charge in [-0.2, -0.15) is 5.10 Å². The summed E-state index contributed by atoms with van der Waals surface area (Å²) < 4.78 is 1.37. The quantitative estimate of drug-likeness (QED) is 0.473. The van der Waals surface area contributed by atoms with Gasteiger partial charge in [0.15, 0.2) is 0 Å². The molecule has 70 valence electrons. The molecular formula is C6H9N5O2. The maximum atomic E-state index is 11.2. The van der Waals surface area contributed by atoms with E-state index in [4.69, 9.17) is 5.73 Å². The van der Waals surface area contributed by atoms with Crippen LogP contribution in [0.2, 0.25) is 0 Å². The van der Waals surface area contributed by atoms with Gasteiger partial charge < -0.3 is 5.73 Å². The normalized spacial score (nSPS) is 9.31. The predicted octanol–water partition coefficient (Wildman–Crippen LogP) is -1.27. The van der Waals surface area contributed by atoms with E-state index in [2.05, 4.69) is 10.5 Å². The van der Waals surface area contributed by atoms with Crippen molar-refractivity contribution in [2.24, 2.45) is 12.8 Å². The Morgan fingerprint density at radius 3 is 2.69 bits per heavy atom. The molecule has 0 fully saturated rings. The maximum absolute atomic E-state index is 11.2. The molecule has 4 N–H and O–H groups in total. The first-order valence-electron chi connectivity index (χ1n) is 3.45. The highest BCUT2D eigenvalue weighted by atomic mass is 16.2. The minimum atomic E-state index is -0.824. The third kappa shape index (κ3) is 2.19. The van der Waals surface area contributed by atoms with E-state index >= 15 is 0 Å². The van der Waals surface area contributed by atoms with Gasteiger partial charge in [0, 0.05) is 13.2 Å². The first-order chi connectivity index (χ1) is 6.11. The highest BCUT2D eigenvalue weighted by molar-refractivity contribution is 5.93. The molecule has 0 bridgehead atoms. The van der Waals surface area contributed by atoms with Gasteiger partial charge >= 0.3 is 6.03 Å².